The minimum absolute atomic E-state index is 0. The first kappa shape index (κ1) is 53.8. The number of rotatable bonds is 12. The standard InChI is InChI=1S/2C25H31.2CH3.2ClH.Si.Zr/c2*1-5-6-7-8-10-19-17-21-11-9-12-23(24(21)18-19)20-13-15-22(16-14-20)25(2,3)4;;;;;;/h2*9,11-18H,5-8,10H2,1-4H3;2*1H3;2*1H;;/q4*-1;;;;. The molecule has 6 aromatic carbocycles. The molecule has 0 bridgehead atoms. The van der Waals surface area contributed by atoms with E-state index in [1.54, 1.807) is 0 Å². The van der Waals surface area contributed by atoms with E-state index in [0.717, 1.165) is 0 Å². The van der Waals surface area contributed by atoms with E-state index in [-0.39, 0.29) is 50.5 Å². The van der Waals surface area contributed by atoms with Gasteiger partial charge in [-0.1, -0.05) is 179 Å². The van der Waals surface area contributed by atoms with Gasteiger partial charge in [0.15, 0.2) is 0 Å². The summed E-state index contributed by atoms with van der Waals surface area (Å²) < 4.78 is 0. The Kier molecular flexibility index (Phi) is 25.0. The summed E-state index contributed by atoms with van der Waals surface area (Å²) in [7, 11) is 0. The number of aryl methyl sites for hydroxylation is 2. The number of hydrogen-bond donors (Lipinski definition) is 0. The van der Waals surface area contributed by atoms with Gasteiger partial charge in [-0.25, -0.2) is 0 Å². The number of unbranched alkanes of at least 4 members (excludes halogenated alkanes) is 6. The molecular formula is C52H70Cl2SiZr-4. The van der Waals surface area contributed by atoms with Crippen molar-refractivity contribution in [3.63, 3.8) is 0 Å². The maximum absolute atomic E-state index is 3.06. The molecule has 2 radical (unpaired) electrons. The molecule has 0 aliphatic carbocycles. The van der Waals surface area contributed by atoms with E-state index in [9.17, 15) is 0 Å². The normalized spacial score (nSPS) is 10.8. The van der Waals surface area contributed by atoms with E-state index in [4.69, 9.17) is 0 Å². The second-order valence-electron chi connectivity index (χ2n) is 16.6. The molecule has 0 aromatic heterocycles. The molecule has 0 unspecified atom stereocenters. The predicted molar refractivity (Wildman–Crippen MR) is 256 cm³/mol. The molecule has 56 heavy (non-hydrogen) atoms. The predicted octanol–water partition coefficient (Wildman–Crippen LogP) is 16.7. The zero-order valence-corrected chi connectivity index (χ0v) is 41.4. The third-order valence-corrected chi connectivity index (χ3v) is 10.4. The molecule has 6 aromatic rings. The molecule has 0 spiro atoms. The molecule has 4 heteroatoms. The average Bonchev–Trinajstić information content (AvgIpc) is 3.76. The van der Waals surface area contributed by atoms with E-state index in [0.29, 0.717) is 0 Å². The number of benzene rings is 4. The van der Waals surface area contributed by atoms with E-state index in [1.807, 2.05) is 0 Å². The monoisotopic (exact) mass is 882 g/mol. The van der Waals surface area contributed by atoms with Crippen molar-refractivity contribution in [1.29, 1.82) is 0 Å². The first-order chi connectivity index (χ1) is 25.0. The Hall–Kier alpha value is -2.22. The quantitative estimate of drug-likeness (QED) is 0.0653. The minimum atomic E-state index is 0. The fraction of sp³-hybridized carbons (Fsp3) is 0.385. The van der Waals surface area contributed by atoms with Crippen LogP contribution in [0.3, 0.4) is 0 Å². The van der Waals surface area contributed by atoms with Crippen molar-refractivity contribution >= 4 is 53.2 Å². The van der Waals surface area contributed by atoms with Crippen LogP contribution < -0.4 is 0 Å². The van der Waals surface area contributed by atoms with Crippen molar-refractivity contribution in [2.75, 3.05) is 0 Å². The zero-order valence-electron chi connectivity index (χ0n) is 36.3. The molecule has 0 atom stereocenters. The van der Waals surface area contributed by atoms with Gasteiger partial charge in [0, 0.05) is 0 Å². The fourth-order valence-corrected chi connectivity index (χ4v) is 7.20. The summed E-state index contributed by atoms with van der Waals surface area (Å²) in [5, 5.41) is 5.55. The van der Waals surface area contributed by atoms with Gasteiger partial charge in [0.05, 0.1) is 0 Å². The van der Waals surface area contributed by atoms with Crippen LogP contribution in [0.15, 0.2) is 109 Å². The molecule has 0 fully saturated rings. The van der Waals surface area contributed by atoms with Crippen LogP contribution in [0.2, 0.25) is 0 Å². The van der Waals surface area contributed by atoms with Crippen LogP contribution in [0.5, 0.6) is 0 Å². The van der Waals surface area contributed by atoms with Gasteiger partial charge < -0.3 is 14.9 Å². The van der Waals surface area contributed by atoms with Crippen LogP contribution in [-0.4, -0.2) is 6.88 Å². The summed E-state index contributed by atoms with van der Waals surface area (Å²) in [6, 6.07) is 41.2. The molecule has 0 aliphatic heterocycles. The molecule has 0 saturated carbocycles. The maximum atomic E-state index is 3.06. The van der Waals surface area contributed by atoms with Gasteiger partial charge in [-0.2, -0.15) is 12.1 Å². The van der Waals surface area contributed by atoms with Crippen LogP contribution in [0.25, 0.3) is 43.8 Å². The number of halogens is 2. The molecule has 0 saturated heterocycles. The summed E-state index contributed by atoms with van der Waals surface area (Å²) in [4.78, 5) is 0. The Balaban J connectivity index is 0.000000968. The van der Waals surface area contributed by atoms with Gasteiger partial charge >= 0.3 is 30.2 Å². The van der Waals surface area contributed by atoms with Gasteiger partial charge in [-0.3, -0.25) is 0 Å². The first-order valence-corrected chi connectivity index (χ1v) is 24.0. The van der Waals surface area contributed by atoms with Crippen LogP contribution in [-0.2, 0) is 47.0 Å². The van der Waals surface area contributed by atoms with Gasteiger partial charge in [0.25, 0.3) is 0 Å². The van der Waals surface area contributed by atoms with Gasteiger partial charge in [0.1, 0.15) is 0 Å². The second-order valence-corrected chi connectivity index (χ2v) is 16.6. The summed E-state index contributed by atoms with van der Waals surface area (Å²) in [6.45, 7) is 21.2. The average molecular weight is 885 g/mol. The van der Waals surface area contributed by atoms with Crippen LogP contribution >= 0.6 is 24.8 Å². The van der Waals surface area contributed by atoms with Crippen molar-refractivity contribution in [3.05, 3.63) is 146 Å². The molecular weight excluding hydrogens is 815 g/mol. The topological polar surface area (TPSA) is 0 Å². The van der Waals surface area contributed by atoms with Gasteiger partial charge in [0.2, 0.25) is 0 Å². The third-order valence-electron chi connectivity index (χ3n) is 10.4. The van der Waals surface area contributed by atoms with Crippen molar-refractivity contribution in [2.45, 2.75) is 130 Å². The fourth-order valence-electron chi connectivity index (χ4n) is 7.20. The molecule has 0 aliphatic rings. The van der Waals surface area contributed by atoms with E-state index >= 15 is 0 Å². The first-order valence-electron chi connectivity index (χ1n) is 19.8. The van der Waals surface area contributed by atoms with E-state index in [2.05, 4.69) is 171 Å². The summed E-state index contributed by atoms with van der Waals surface area (Å²) >= 11 is 1.36. The molecule has 0 amide bonds. The van der Waals surface area contributed by atoms with E-state index < -0.39 is 0 Å². The Morgan fingerprint density at radius 3 is 1.12 bits per heavy atom. The molecule has 6 rings (SSSR count). The zero-order chi connectivity index (χ0) is 37.7. The summed E-state index contributed by atoms with van der Waals surface area (Å²) in [5.74, 6) is 0. The second kappa shape index (κ2) is 26.0. The van der Waals surface area contributed by atoms with Crippen molar-refractivity contribution in [2.24, 2.45) is 0 Å². The van der Waals surface area contributed by atoms with Gasteiger partial charge in [-0.15, -0.1) is 93.9 Å². The number of hydrogen-bond acceptors (Lipinski definition) is 0. The molecule has 0 nitrogen and oxygen atoms in total. The Labute approximate surface area is 372 Å². The van der Waals surface area contributed by atoms with Gasteiger partial charge in [-0.05, 0) is 45.9 Å². The summed E-state index contributed by atoms with van der Waals surface area (Å²) in [5.41, 5.74) is 11.5. The van der Waals surface area contributed by atoms with E-state index in [1.165, 1.54) is 154 Å². The summed E-state index contributed by atoms with van der Waals surface area (Å²) in [6.07, 6.45) is 13.0. The Morgan fingerprint density at radius 2 is 0.821 bits per heavy atom. The third kappa shape index (κ3) is 15.2. The molecule has 0 heterocycles. The Morgan fingerprint density at radius 1 is 0.482 bits per heavy atom. The van der Waals surface area contributed by atoms with Crippen LogP contribution in [0.4, 0.5) is 0 Å². The van der Waals surface area contributed by atoms with Crippen molar-refractivity contribution in [3.8, 4) is 22.3 Å². The van der Waals surface area contributed by atoms with Crippen LogP contribution in [0, 0.1) is 14.9 Å². The Bertz CT molecular complexity index is 1810. The molecule has 0 N–H and O–H groups in total. The van der Waals surface area contributed by atoms with Crippen molar-refractivity contribution in [1.82, 2.24) is 0 Å². The SMILES string of the molecule is CCCCCCc1cc2c(-c3ccc(C(C)(C)C)cc3)cccc2[cH-]1.CCCCCCc1cc2c(-c3ccc(C(C)(C)C)cc3)cccc2[cH-]1.Cl.Cl.[CH3-].[CH3-].[Si]=[Zr]. The van der Waals surface area contributed by atoms with Crippen molar-refractivity contribution < 1.29 is 23.3 Å². The molecule has 304 valence electrons. The number of fused-ring (bicyclic) bond motifs is 2. The van der Waals surface area contributed by atoms with Crippen LogP contribution in [0.1, 0.15) is 129 Å².